The molecular weight excluding hydrogens is 517 g/mol. The second-order valence-electron chi connectivity index (χ2n) is 11.7. The van der Waals surface area contributed by atoms with E-state index in [2.05, 4.69) is 10.3 Å². The summed E-state index contributed by atoms with van der Waals surface area (Å²) < 4.78 is 68.0. The fraction of sp³-hybridized carbons (Fsp3) is 0.483. The minimum absolute atomic E-state index is 0.0377. The van der Waals surface area contributed by atoms with Crippen LogP contribution in [0.2, 0.25) is 0 Å². The van der Waals surface area contributed by atoms with Gasteiger partial charge in [-0.15, -0.1) is 0 Å². The summed E-state index contributed by atoms with van der Waals surface area (Å²) in [7, 11) is 0. The number of fused-ring (bicyclic) bond motifs is 2. The molecular formula is C29H28F5N3O2. The predicted molar refractivity (Wildman–Crippen MR) is 136 cm³/mol. The second-order valence-corrected chi connectivity index (χ2v) is 11.7. The Morgan fingerprint density at radius 1 is 1.05 bits per heavy atom. The van der Waals surface area contributed by atoms with Gasteiger partial charge in [0, 0.05) is 18.7 Å². The largest absolute Gasteiger partial charge is 0.405 e. The summed E-state index contributed by atoms with van der Waals surface area (Å²) in [4.78, 5) is 31.5. The van der Waals surface area contributed by atoms with Gasteiger partial charge in [-0.2, -0.15) is 13.2 Å². The molecule has 3 aromatic rings. The van der Waals surface area contributed by atoms with Gasteiger partial charge in [-0.25, -0.2) is 13.8 Å². The van der Waals surface area contributed by atoms with Crippen molar-refractivity contribution in [3.63, 3.8) is 0 Å². The molecule has 2 heterocycles. The van der Waals surface area contributed by atoms with Crippen LogP contribution in [0.5, 0.6) is 0 Å². The highest BCUT2D eigenvalue weighted by Gasteiger charge is 2.48. The SMILES string of the molecule is O=C(CC12CCC3CC(CC(C3)C1)C2)c1cn(-c2ccc(F)cc2F)c2nc(NCC(F)(F)F)ccc2c1=O. The third kappa shape index (κ3) is 5.05. The molecule has 0 spiro atoms. The zero-order valence-electron chi connectivity index (χ0n) is 21.2. The number of ketones is 1. The molecule has 4 aliphatic carbocycles. The molecule has 206 valence electrons. The van der Waals surface area contributed by atoms with Crippen LogP contribution in [0.15, 0.2) is 41.3 Å². The smallest absolute Gasteiger partial charge is 0.361 e. The number of anilines is 1. The summed E-state index contributed by atoms with van der Waals surface area (Å²) in [6, 6.07) is 5.33. The molecule has 0 amide bonds. The highest BCUT2D eigenvalue weighted by atomic mass is 19.4. The summed E-state index contributed by atoms with van der Waals surface area (Å²) in [6.45, 7) is -1.36. The Balaban J connectivity index is 1.43. The van der Waals surface area contributed by atoms with Gasteiger partial charge in [-0.3, -0.25) is 14.2 Å². The minimum atomic E-state index is -4.51. The molecule has 2 aromatic heterocycles. The summed E-state index contributed by atoms with van der Waals surface area (Å²) in [6.07, 6.45) is 4.49. The zero-order valence-corrected chi connectivity index (χ0v) is 21.2. The van der Waals surface area contributed by atoms with Gasteiger partial charge in [-0.1, -0.05) is 0 Å². The summed E-state index contributed by atoms with van der Waals surface area (Å²) >= 11 is 0. The average Bonchev–Trinajstić information content (AvgIpc) is 3.05. The van der Waals surface area contributed by atoms with Crippen molar-refractivity contribution in [2.45, 2.75) is 57.5 Å². The van der Waals surface area contributed by atoms with E-state index in [4.69, 9.17) is 0 Å². The quantitative estimate of drug-likeness (QED) is 0.273. The van der Waals surface area contributed by atoms with Crippen LogP contribution in [0.4, 0.5) is 27.8 Å². The fourth-order valence-electron chi connectivity index (χ4n) is 7.51. The number of pyridine rings is 2. The summed E-state index contributed by atoms with van der Waals surface area (Å²) in [5.41, 5.74) is -1.21. The van der Waals surface area contributed by atoms with E-state index in [0.717, 1.165) is 42.4 Å². The monoisotopic (exact) mass is 545 g/mol. The highest BCUT2D eigenvalue weighted by Crippen LogP contribution is 2.58. The topological polar surface area (TPSA) is 64.0 Å². The van der Waals surface area contributed by atoms with Crippen LogP contribution in [0.1, 0.15) is 61.7 Å². The van der Waals surface area contributed by atoms with E-state index in [9.17, 15) is 31.5 Å². The van der Waals surface area contributed by atoms with Gasteiger partial charge < -0.3 is 5.32 Å². The Kier molecular flexibility index (Phi) is 6.26. The average molecular weight is 546 g/mol. The third-order valence-corrected chi connectivity index (χ3v) is 8.85. The van der Waals surface area contributed by atoms with E-state index in [1.165, 1.54) is 37.6 Å². The predicted octanol–water partition coefficient (Wildman–Crippen LogP) is 6.82. The van der Waals surface area contributed by atoms with Gasteiger partial charge in [0.15, 0.2) is 11.4 Å². The maximum absolute atomic E-state index is 14.9. The molecule has 4 saturated carbocycles. The van der Waals surface area contributed by atoms with Crippen molar-refractivity contribution in [3.05, 3.63) is 63.9 Å². The van der Waals surface area contributed by atoms with Gasteiger partial charge >= 0.3 is 6.18 Å². The lowest BCUT2D eigenvalue weighted by Crippen LogP contribution is -2.36. The van der Waals surface area contributed by atoms with Crippen molar-refractivity contribution >= 4 is 22.6 Å². The normalized spacial score (nSPS) is 26.1. The van der Waals surface area contributed by atoms with Crippen LogP contribution in [0.25, 0.3) is 16.7 Å². The molecule has 39 heavy (non-hydrogen) atoms. The molecule has 4 fully saturated rings. The Morgan fingerprint density at radius 3 is 2.46 bits per heavy atom. The van der Waals surface area contributed by atoms with Crippen molar-refractivity contribution in [2.75, 3.05) is 11.9 Å². The van der Waals surface area contributed by atoms with Crippen LogP contribution < -0.4 is 10.7 Å². The van der Waals surface area contributed by atoms with Crippen LogP contribution in [0, 0.1) is 34.8 Å². The van der Waals surface area contributed by atoms with Gasteiger partial charge in [0.25, 0.3) is 0 Å². The van der Waals surface area contributed by atoms with E-state index in [1.54, 1.807) is 0 Å². The van der Waals surface area contributed by atoms with E-state index < -0.39 is 29.8 Å². The minimum Gasteiger partial charge on any atom is -0.361 e. The fourth-order valence-corrected chi connectivity index (χ4v) is 7.51. The maximum atomic E-state index is 14.9. The van der Waals surface area contributed by atoms with Gasteiger partial charge in [0.05, 0.1) is 16.6 Å². The number of nitrogens with zero attached hydrogens (tertiary/aromatic N) is 2. The van der Waals surface area contributed by atoms with E-state index in [1.807, 2.05) is 0 Å². The van der Waals surface area contributed by atoms with Crippen LogP contribution >= 0.6 is 0 Å². The molecule has 4 aliphatic rings. The lowest BCUT2D eigenvalue weighted by Gasteiger charge is -2.45. The third-order valence-electron chi connectivity index (χ3n) is 8.85. The van der Waals surface area contributed by atoms with Crippen molar-refractivity contribution in [1.29, 1.82) is 0 Å². The molecule has 1 aromatic carbocycles. The molecule has 1 N–H and O–H groups in total. The molecule has 0 radical (unpaired) electrons. The standard InChI is InChI=1S/C29H28F5N3O2/c30-19-1-3-23(22(31)10-19)37-14-21(26(39)20-2-4-25(36-27(20)37)35-15-29(32,33)34)24(38)13-28-6-5-16-7-17(11-28)9-18(8-16)12-28/h1-4,10,14,16-18H,5-9,11-13,15H2,(H,35,36). The van der Waals surface area contributed by atoms with E-state index in [0.29, 0.717) is 23.8 Å². The zero-order chi connectivity index (χ0) is 27.5. The Bertz CT molecular complexity index is 1500. The number of rotatable bonds is 6. The van der Waals surface area contributed by atoms with Crippen molar-refractivity contribution in [3.8, 4) is 5.69 Å². The molecule has 2 unspecified atom stereocenters. The molecule has 2 atom stereocenters. The number of hydrogen-bond acceptors (Lipinski definition) is 4. The van der Waals surface area contributed by atoms with E-state index in [-0.39, 0.29) is 45.7 Å². The number of aromatic nitrogens is 2. The first-order valence-electron chi connectivity index (χ1n) is 13.3. The number of hydrogen-bond donors (Lipinski definition) is 1. The first-order chi connectivity index (χ1) is 18.5. The Morgan fingerprint density at radius 2 is 1.77 bits per heavy atom. The molecule has 4 bridgehead atoms. The van der Waals surface area contributed by atoms with Gasteiger partial charge in [-0.05, 0) is 92.4 Å². The van der Waals surface area contributed by atoms with Crippen molar-refractivity contribution in [2.24, 2.45) is 23.2 Å². The van der Waals surface area contributed by atoms with Gasteiger partial charge in [0.1, 0.15) is 24.0 Å². The molecule has 5 nitrogen and oxygen atoms in total. The first-order valence-corrected chi connectivity index (χ1v) is 13.3. The van der Waals surface area contributed by atoms with Gasteiger partial charge in [0.2, 0.25) is 5.43 Å². The number of Topliss-reactive ketones (excluding diaryl/α,β-unsaturated/α-hetero) is 1. The number of carbonyl (C=O) groups is 1. The maximum Gasteiger partial charge on any atom is 0.405 e. The highest BCUT2D eigenvalue weighted by molar-refractivity contribution is 5.99. The number of alkyl halides is 3. The Labute approximate surface area is 221 Å². The Hall–Kier alpha value is -3.30. The lowest BCUT2D eigenvalue weighted by atomic mass is 9.60. The molecule has 10 heteroatoms. The second kappa shape index (κ2) is 9.41. The summed E-state index contributed by atoms with van der Waals surface area (Å²) in [5.74, 6) is -0.394. The molecule has 0 saturated heterocycles. The lowest BCUT2D eigenvalue weighted by molar-refractivity contribution is -0.115. The number of carbonyl (C=O) groups excluding carboxylic acids is 1. The number of benzene rings is 1. The molecule has 0 aliphatic heterocycles. The number of nitrogens with one attached hydrogen (secondary N) is 1. The molecule has 7 rings (SSSR count). The van der Waals surface area contributed by atoms with Crippen LogP contribution in [-0.2, 0) is 0 Å². The van der Waals surface area contributed by atoms with Crippen LogP contribution in [-0.4, -0.2) is 28.1 Å². The summed E-state index contributed by atoms with van der Waals surface area (Å²) in [5, 5.41) is 2.12. The van der Waals surface area contributed by atoms with Crippen molar-refractivity contribution in [1.82, 2.24) is 9.55 Å². The van der Waals surface area contributed by atoms with Crippen molar-refractivity contribution < 1.29 is 26.7 Å². The van der Waals surface area contributed by atoms with E-state index >= 15 is 0 Å². The number of halogens is 5. The van der Waals surface area contributed by atoms with Crippen LogP contribution in [0.3, 0.4) is 0 Å². The first kappa shape index (κ1) is 26.0.